The van der Waals surface area contributed by atoms with Crippen molar-refractivity contribution in [2.24, 2.45) is 0 Å². The Labute approximate surface area is 154 Å². The Morgan fingerprint density at radius 3 is 2.56 bits per heavy atom. The topological polar surface area (TPSA) is 68.0 Å². The Balaban J connectivity index is 1.41. The van der Waals surface area contributed by atoms with E-state index in [1.165, 1.54) is 12.0 Å². The van der Waals surface area contributed by atoms with E-state index in [0.29, 0.717) is 18.0 Å². The molecule has 3 aromatic rings. The van der Waals surface area contributed by atoms with Crippen molar-refractivity contribution in [3.05, 3.63) is 71.1 Å². The molecular formula is C18H16ClN3O2S. The minimum atomic E-state index is -0.0934. The van der Waals surface area contributed by atoms with E-state index in [1.54, 1.807) is 36.0 Å². The Bertz CT molecular complexity index is 805. The van der Waals surface area contributed by atoms with Gasteiger partial charge in [-0.2, -0.15) is 11.8 Å². The molecule has 1 aromatic heterocycles. The summed E-state index contributed by atoms with van der Waals surface area (Å²) in [6.07, 6.45) is 1.28. The molecule has 0 spiro atoms. The summed E-state index contributed by atoms with van der Waals surface area (Å²) >= 11 is 7.63. The molecule has 0 fully saturated rings. The highest BCUT2D eigenvalue weighted by molar-refractivity contribution is 7.98. The highest BCUT2D eigenvalue weighted by atomic mass is 35.5. The fraction of sp³-hybridized carbons (Fsp3) is 0.167. The quantitative estimate of drug-likeness (QED) is 0.633. The Morgan fingerprint density at radius 1 is 1.12 bits per heavy atom. The van der Waals surface area contributed by atoms with Crippen LogP contribution in [-0.2, 0) is 5.75 Å². The van der Waals surface area contributed by atoms with E-state index in [0.717, 1.165) is 22.1 Å². The van der Waals surface area contributed by atoms with Crippen molar-refractivity contribution in [1.82, 2.24) is 15.5 Å². The third-order valence-corrected chi connectivity index (χ3v) is 4.75. The molecule has 5 nitrogen and oxygen atoms in total. The Hall–Kier alpha value is -2.31. The summed E-state index contributed by atoms with van der Waals surface area (Å²) in [5, 5.41) is 11.1. The largest absolute Gasteiger partial charge is 0.423 e. The first kappa shape index (κ1) is 17.5. The first-order valence-electron chi connectivity index (χ1n) is 7.69. The molecule has 0 radical (unpaired) electrons. The number of aromatic nitrogens is 2. The fourth-order valence-electron chi connectivity index (χ4n) is 2.17. The SMILES string of the molecule is O=C(NCCSCc1ccc(Cl)cc1)c1ccc(-c2nnco2)cc1. The van der Waals surface area contributed by atoms with Crippen molar-refractivity contribution in [3.8, 4) is 11.5 Å². The van der Waals surface area contributed by atoms with E-state index in [4.69, 9.17) is 16.0 Å². The number of amides is 1. The van der Waals surface area contributed by atoms with Gasteiger partial charge in [-0.3, -0.25) is 4.79 Å². The minimum Gasteiger partial charge on any atom is -0.423 e. The lowest BCUT2D eigenvalue weighted by molar-refractivity contribution is 0.0956. The summed E-state index contributed by atoms with van der Waals surface area (Å²) in [5.41, 5.74) is 2.61. The summed E-state index contributed by atoms with van der Waals surface area (Å²) in [4.78, 5) is 12.1. The molecule has 0 aliphatic heterocycles. The number of nitrogens with zero attached hydrogens (tertiary/aromatic N) is 2. The van der Waals surface area contributed by atoms with Crippen molar-refractivity contribution in [2.45, 2.75) is 5.75 Å². The number of thioether (sulfide) groups is 1. The Kier molecular flexibility index (Phi) is 6.09. The predicted molar refractivity (Wildman–Crippen MR) is 99.7 cm³/mol. The van der Waals surface area contributed by atoms with Crippen molar-refractivity contribution < 1.29 is 9.21 Å². The van der Waals surface area contributed by atoms with Crippen molar-refractivity contribution >= 4 is 29.3 Å². The van der Waals surface area contributed by atoms with Gasteiger partial charge in [0.1, 0.15) is 0 Å². The minimum absolute atomic E-state index is 0.0934. The highest BCUT2D eigenvalue weighted by Gasteiger charge is 2.07. The first-order valence-corrected chi connectivity index (χ1v) is 9.22. The zero-order valence-corrected chi connectivity index (χ0v) is 14.9. The standard InChI is InChI=1S/C18H16ClN3O2S/c19-16-7-1-13(2-8-16)11-25-10-9-20-17(23)14-3-5-15(6-4-14)18-22-21-12-24-18/h1-8,12H,9-11H2,(H,20,23). The molecule has 0 saturated carbocycles. The maximum absolute atomic E-state index is 12.1. The third-order valence-electron chi connectivity index (χ3n) is 3.47. The number of rotatable bonds is 7. The molecule has 0 unspecified atom stereocenters. The molecule has 2 aromatic carbocycles. The van der Waals surface area contributed by atoms with Crippen LogP contribution in [0.5, 0.6) is 0 Å². The molecule has 0 saturated heterocycles. The monoisotopic (exact) mass is 373 g/mol. The summed E-state index contributed by atoms with van der Waals surface area (Å²) in [7, 11) is 0. The van der Waals surface area contributed by atoms with Gasteiger partial charge in [-0.05, 0) is 42.0 Å². The number of hydrogen-bond acceptors (Lipinski definition) is 5. The maximum atomic E-state index is 12.1. The van der Waals surface area contributed by atoms with Crippen LogP contribution in [0.1, 0.15) is 15.9 Å². The van der Waals surface area contributed by atoms with E-state index in [-0.39, 0.29) is 5.91 Å². The van der Waals surface area contributed by atoms with Crippen molar-refractivity contribution in [1.29, 1.82) is 0 Å². The molecule has 0 bridgehead atoms. The normalized spacial score (nSPS) is 10.6. The lowest BCUT2D eigenvalue weighted by Gasteiger charge is -2.06. The van der Waals surface area contributed by atoms with Gasteiger partial charge in [0.2, 0.25) is 12.3 Å². The van der Waals surface area contributed by atoms with Gasteiger partial charge >= 0.3 is 0 Å². The third kappa shape index (κ3) is 5.08. The summed E-state index contributed by atoms with van der Waals surface area (Å²) < 4.78 is 5.12. The van der Waals surface area contributed by atoms with Gasteiger partial charge in [-0.15, -0.1) is 10.2 Å². The lowest BCUT2D eigenvalue weighted by Crippen LogP contribution is -2.25. The van der Waals surface area contributed by atoms with Crippen LogP contribution in [0.25, 0.3) is 11.5 Å². The maximum Gasteiger partial charge on any atom is 0.251 e. The smallest absolute Gasteiger partial charge is 0.251 e. The summed E-state index contributed by atoms with van der Waals surface area (Å²) in [6.45, 7) is 0.614. The zero-order valence-electron chi connectivity index (χ0n) is 13.3. The van der Waals surface area contributed by atoms with E-state index in [2.05, 4.69) is 15.5 Å². The van der Waals surface area contributed by atoms with Gasteiger partial charge in [0.25, 0.3) is 5.91 Å². The number of benzene rings is 2. The number of nitrogens with one attached hydrogen (secondary N) is 1. The van der Waals surface area contributed by atoms with Crippen LogP contribution >= 0.6 is 23.4 Å². The van der Waals surface area contributed by atoms with Crippen LogP contribution in [-0.4, -0.2) is 28.4 Å². The van der Waals surface area contributed by atoms with Crippen molar-refractivity contribution in [3.63, 3.8) is 0 Å². The van der Waals surface area contributed by atoms with E-state index in [9.17, 15) is 4.79 Å². The molecule has 25 heavy (non-hydrogen) atoms. The molecule has 1 amide bonds. The molecule has 1 N–H and O–H groups in total. The second-order valence-corrected chi connectivity index (χ2v) is 6.80. The summed E-state index contributed by atoms with van der Waals surface area (Å²) in [6, 6.07) is 14.9. The van der Waals surface area contributed by atoms with Gasteiger partial charge in [0.05, 0.1) is 0 Å². The number of carbonyl (C=O) groups is 1. The van der Waals surface area contributed by atoms with E-state index in [1.807, 2.05) is 24.3 Å². The number of carbonyl (C=O) groups excluding carboxylic acids is 1. The number of hydrogen-bond donors (Lipinski definition) is 1. The molecule has 1 heterocycles. The van der Waals surface area contributed by atoms with Crippen molar-refractivity contribution in [2.75, 3.05) is 12.3 Å². The fourth-order valence-corrected chi connectivity index (χ4v) is 3.12. The van der Waals surface area contributed by atoms with Gasteiger partial charge in [0.15, 0.2) is 0 Å². The molecule has 0 atom stereocenters. The van der Waals surface area contributed by atoms with Crippen LogP contribution in [0.15, 0.2) is 59.3 Å². The van der Waals surface area contributed by atoms with Gasteiger partial charge in [-0.25, -0.2) is 0 Å². The molecule has 3 rings (SSSR count). The second kappa shape index (κ2) is 8.69. The van der Waals surface area contributed by atoms with Crippen LogP contribution in [0, 0.1) is 0 Å². The average molecular weight is 374 g/mol. The van der Waals surface area contributed by atoms with Gasteiger partial charge < -0.3 is 9.73 Å². The molecule has 0 aliphatic rings. The molecular weight excluding hydrogens is 358 g/mol. The molecule has 7 heteroatoms. The lowest BCUT2D eigenvalue weighted by atomic mass is 10.1. The van der Waals surface area contributed by atoms with Gasteiger partial charge in [0, 0.05) is 34.2 Å². The zero-order chi connectivity index (χ0) is 17.5. The molecule has 0 aliphatic carbocycles. The van der Waals surface area contributed by atoms with Crippen LogP contribution in [0.3, 0.4) is 0 Å². The highest BCUT2D eigenvalue weighted by Crippen LogP contribution is 2.17. The van der Waals surface area contributed by atoms with Gasteiger partial charge in [-0.1, -0.05) is 23.7 Å². The van der Waals surface area contributed by atoms with Crippen LogP contribution in [0.4, 0.5) is 0 Å². The predicted octanol–water partition coefficient (Wildman–Crippen LogP) is 4.05. The number of halogens is 1. The van der Waals surface area contributed by atoms with E-state index < -0.39 is 0 Å². The first-order chi connectivity index (χ1) is 12.2. The average Bonchev–Trinajstić information content (AvgIpc) is 3.18. The van der Waals surface area contributed by atoms with Crippen LogP contribution < -0.4 is 5.32 Å². The Morgan fingerprint density at radius 2 is 1.88 bits per heavy atom. The molecule has 128 valence electrons. The van der Waals surface area contributed by atoms with E-state index >= 15 is 0 Å². The summed E-state index contributed by atoms with van der Waals surface area (Å²) in [5.74, 6) is 2.08. The van der Waals surface area contributed by atoms with Crippen LogP contribution in [0.2, 0.25) is 5.02 Å². The second-order valence-electron chi connectivity index (χ2n) is 5.26.